The molecule has 1 aliphatic heterocycles. The molecule has 11 heteroatoms. The summed E-state index contributed by atoms with van der Waals surface area (Å²) in [7, 11) is -7.89. The van der Waals surface area contributed by atoms with Crippen molar-refractivity contribution in [3.63, 3.8) is 0 Å². The average Bonchev–Trinajstić information content (AvgIpc) is 2.90. The van der Waals surface area contributed by atoms with Gasteiger partial charge >= 0.3 is 0 Å². The summed E-state index contributed by atoms with van der Waals surface area (Å²) < 4.78 is 53.1. The highest BCUT2D eigenvalue weighted by Gasteiger charge is 2.49. The van der Waals surface area contributed by atoms with Gasteiger partial charge in [-0.05, 0) is 0 Å². The molecule has 0 aromatic rings. The maximum Gasteiger partial charge on any atom is 0.288 e. The Labute approximate surface area is 98.2 Å². The number of nitrogens with one attached hydrogen (secondary N) is 1. The van der Waals surface area contributed by atoms with Crippen LogP contribution in [0.15, 0.2) is 0 Å². The van der Waals surface area contributed by atoms with E-state index in [1.165, 1.54) is 0 Å². The first-order valence-corrected chi connectivity index (χ1v) is 7.81. The molecule has 1 rings (SSSR count). The van der Waals surface area contributed by atoms with E-state index in [0.717, 1.165) is 11.2 Å². The summed E-state index contributed by atoms with van der Waals surface area (Å²) >= 11 is 0. The highest BCUT2D eigenvalue weighted by Crippen LogP contribution is 2.23. The van der Waals surface area contributed by atoms with Gasteiger partial charge in [0, 0.05) is 6.54 Å². The van der Waals surface area contributed by atoms with Gasteiger partial charge in [0.2, 0.25) is 10.0 Å². The SMILES string of the molecule is CS(=O)(=O)NCC(O)C(=O)N1CC1S(=O)(=O)O. The number of carbonyl (C=O) groups is 1. The van der Waals surface area contributed by atoms with Gasteiger partial charge in [0.05, 0.1) is 12.8 Å². The Bertz CT molecular complexity index is 510. The summed E-state index contributed by atoms with van der Waals surface area (Å²) in [6.07, 6.45) is -0.834. The van der Waals surface area contributed by atoms with Gasteiger partial charge in [-0.1, -0.05) is 0 Å². The van der Waals surface area contributed by atoms with E-state index >= 15 is 0 Å². The lowest BCUT2D eigenvalue weighted by Gasteiger charge is -2.10. The number of hydrogen-bond acceptors (Lipinski definition) is 6. The first-order chi connectivity index (χ1) is 7.52. The van der Waals surface area contributed by atoms with E-state index in [1.54, 1.807) is 0 Å². The molecule has 0 aromatic heterocycles. The van der Waals surface area contributed by atoms with Crippen LogP contribution in [0, 0.1) is 0 Å². The van der Waals surface area contributed by atoms with Gasteiger partial charge in [-0.15, -0.1) is 0 Å². The fourth-order valence-electron chi connectivity index (χ4n) is 1.12. The maximum absolute atomic E-state index is 11.3. The van der Waals surface area contributed by atoms with Crippen molar-refractivity contribution >= 4 is 26.0 Å². The molecule has 9 nitrogen and oxygen atoms in total. The number of nitrogens with zero attached hydrogens (tertiary/aromatic N) is 1. The topological polar surface area (TPSA) is 141 Å². The van der Waals surface area contributed by atoms with Gasteiger partial charge in [0.1, 0.15) is 6.10 Å². The van der Waals surface area contributed by atoms with Crippen molar-refractivity contribution in [1.82, 2.24) is 9.62 Å². The summed E-state index contributed by atoms with van der Waals surface area (Å²) in [5, 5.41) is 7.94. The van der Waals surface area contributed by atoms with Crippen LogP contribution in [-0.4, -0.2) is 68.1 Å². The van der Waals surface area contributed by atoms with Crippen LogP contribution in [0.4, 0.5) is 0 Å². The van der Waals surface area contributed by atoms with Crippen LogP contribution < -0.4 is 4.72 Å². The standard InChI is InChI=1S/C6H12N2O7S2/c1-16(11,12)7-2-4(9)6(10)8-3-5(8)17(13,14)15/h4-5,7,9H,2-3H2,1H3,(H,13,14,15). The second-order valence-corrected chi connectivity index (χ2v) is 7.00. The zero-order valence-corrected chi connectivity index (χ0v) is 10.4. The van der Waals surface area contributed by atoms with Crippen LogP contribution in [0.25, 0.3) is 0 Å². The molecular formula is C6H12N2O7S2. The van der Waals surface area contributed by atoms with Crippen molar-refractivity contribution in [2.45, 2.75) is 11.5 Å². The van der Waals surface area contributed by atoms with Gasteiger partial charge < -0.3 is 10.0 Å². The van der Waals surface area contributed by atoms with Crippen LogP contribution in [0.2, 0.25) is 0 Å². The van der Waals surface area contributed by atoms with Crippen LogP contribution in [0.1, 0.15) is 0 Å². The van der Waals surface area contributed by atoms with Crippen molar-refractivity contribution < 1.29 is 31.3 Å². The molecular weight excluding hydrogens is 276 g/mol. The fraction of sp³-hybridized carbons (Fsp3) is 0.833. The lowest BCUT2D eigenvalue weighted by Crippen LogP contribution is -2.39. The molecule has 3 N–H and O–H groups in total. The average molecular weight is 288 g/mol. The molecule has 1 saturated heterocycles. The molecule has 100 valence electrons. The van der Waals surface area contributed by atoms with E-state index in [4.69, 9.17) is 4.55 Å². The molecule has 0 aromatic carbocycles. The first kappa shape index (κ1) is 14.3. The lowest BCUT2D eigenvalue weighted by atomic mass is 10.3. The van der Waals surface area contributed by atoms with Gasteiger partial charge in [-0.3, -0.25) is 9.35 Å². The number of amides is 1. The van der Waals surface area contributed by atoms with Crippen LogP contribution in [0.5, 0.6) is 0 Å². The number of aliphatic hydroxyl groups is 1. The zero-order chi connectivity index (χ0) is 13.4. The largest absolute Gasteiger partial charge is 0.382 e. The highest BCUT2D eigenvalue weighted by molar-refractivity contribution is 7.88. The lowest BCUT2D eigenvalue weighted by molar-refractivity contribution is -0.134. The minimum Gasteiger partial charge on any atom is -0.382 e. The predicted molar refractivity (Wildman–Crippen MR) is 55.9 cm³/mol. The molecule has 1 aliphatic rings. The summed E-state index contributed by atoms with van der Waals surface area (Å²) in [5.74, 6) is -0.955. The molecule has 2 atom stereocenters. The molecule has 2 unspecified atom stereocenters. The van der Waals surface area contributed by atoms with Crippen LogP contribution in [-0.2, 0) is 24.9 Å². The Balaban J connectivity index is 2.51. The van der Waals surface area contributed by atoms with E-state index in [-0.39, 0.29) is 6.54 Å². The molecule has 0 radical (unpaired) electrons. The van der Waals surface area contributed by atoms with E-state index in [0.29, 0.717) is 0 Å². The Morgan fingerprint density at radius 3 is 2.35 bits per heavy atom. The zero-order valence-electron chi connectivity index (χ0n) is 8.77. The van der Waals surface area contributed by atoms with Crippen molar-refractivity contribution in [3.05, 3.63) is 0 Å². The Hall–Kier alpha value is -0.750. The Morgan fingerprint density at radius 2 is 2.00 bits per heavy atom. The Morgan fingerprint density at radius 1 is 1.47 bits per heavy atom. The third-order valence-electron chi connectivity index (χ3n) is 2.02. The van der Waals surface area contributed by atoms with Crippen molar-refractivity contribution in [3.8, 4) is 0 Å². The number of sulfonamides is 1. The minimum atomic E-state index is -4.35. The van der Waals surface area contributed by atoms with E-state index in [9.17, 15) is 26.7 Å². The van der Waals surface area contributed by atoms with Gasteiger partial charge in [0.25, 0.3) is 16.0 Å². The third kappa shape index (κ3) is 4.20. The van der Waals surface area contributed by atoms with Gasteiger partial charge in [-0.2, -0.15) is 8.42 Å². The van der Waals surface area contributed by atoms with Gasteiger partial charge in [0.15, 0.2) is 5.37 Å². The minimum absolute atomic E-state index is 0.215. The monoisotopic (exact) mass is 288 g/mol. The maximum atomic E-state index is 11.3. The van der Waals surface area contributed by atoms with Gasteiger partial charge in [-0.25, -0.2) is 13.1 Å². The van der Waals surface area contributed by atoms with Crippen molar-refractivity contribution in [2.75, 3.05) is 19.3 Å². The smallest absolute Gasteiger partial charge is 0.288 e. The number of rotatable bonds is 5. The number of hydrogen-bond donors (Lipinski definition) is 3. The van der Waals surface area contributed by atoms with Crippen LogP contribution in [0.3, 0.4) is 0 Å². The molecule has 0 aliphatic carbocycles. The van der Waals surface area contributed by atoms with E-state index in [1.807, 2.05) is 4.72 Å². The molecule has 1 heterocycles. The second-order valence-electron chi connectivity index (χ2n) is 3.60. The summed E-state index contributed by atoms with van der Waals surface area (Å²) in [6.45, 7) is -0.764. The normalized spacial score (nSPS) is 22.3. The van der Waals surface area contributed by atoms with Crippen LogP contribution >= 0.6 is 0 Å². The van der Waals surface area contributed by atoms with E-state index < -0.39 is 44.1 Å². The predicted octanol–water partition coefficient (Wildman–Crippen LogP) is -3.05. The fourth-order valence-corrected chi connectivity index (χ4v) is 2.35. The Kier molecular flexibility index (Phi) is 3.78. The molecule has 0 saturated carbocycles. The van der Waals surface area contributed by atoms with E-state index in [2.05, 4.69) is 0 Å². The molecule has 1 fully saturated rings. The molecule has 0 spiro atoms. The highest BCUT2D eigenvalue weighted by atomic mass is 32.2. The molecule has 17 heavy (non-hydrogen) atoms. The third-order valence-corrected chi connectivity index (χ3v) is 3.80. The quantitative estimate of drug-likeness (QED) is 0.360. The number of carbonyl (C=O) groups excluding carboxylic acids is 1. The second kappa shape index (κ2) is 4.49. The number of aliphatic hydroxyl groups excluding tert-OH is 1. The summed E-state index contributed by atoms with van der Waals surface area (Å²) in [5.41, 5.74) is 0. The van der Waals surface area contributed by atoms with Crippen molar-refractivity contribution in [1.29, 1.82) is 0 Å². The molecule has 0 bridgehead atoms. The summed E-state index contributed by atoms with van der Waals surface area (Å²) in [6, 6.07) is 0. The first-order valence-electron chi connectivity index (χ1n) is 4.42. The van der Waals surface area contributed by atoms with Crippen molar-refractivity contribution in [2.24, 2.45) is 0 Å². The molecule has 1 amide bonds. The summed E-state index contributed by atoms with van der Waals surface area (Å²) in [4.78, 5) is 12.1.